The summed E-state index contributed by atoms with van der Waals surface area (Å²) in [5, 5.41) is 3.25. The summed E-state index contributed by atoms with van der Waals surface area (Å²) in [5.41, 5.74) is 1.86. The van der Waals surface area contributed by atoms with E-state index in [9.17, 15) is 9.59 Å². The van der Waals surface area contributed by atoms with Gasteiger partial charge in [-0.15, -0.1) is 0 Å². The van der Waals surface area contributed by atoms with Crippen LogP contribution in [-0.2, 0) is 4.79 Å². The first kappa shape index (κ1) is 26.5. The molecule has 9 nitrogen and oxygen atoms in total. The van der Waals surface area contributed by atoms with Crippen LogP contribution in [0.25, 0.3) is 16.3 Å². The predicted octanol–water partition coefficient (Wildman–Crippen LogP) is 5.24. The average Bonchev–Trinajstić information content (AvgIpc) is 3.36. The highest BCUT2D eigenvalue weighted by Crippen LogP contribution is 2.38. The summed E-state index contributed by atoms with van der Waals surface area (Å²) in [6.45, 7) is -0.246. The maximum atomic E-state index is 12.9. The van der Waals surface area contributed by atoms with Crippen LogP contribution in [0.15, 0.2) is 60.7 Å². The molecule has 1 N–H and O–H groups in total. The number of nitrogens with zero attached hydrogens (tertiary/aromatic N) is 1. The number of fused-ring (bicyclic) bond motifs is 1. The molecule has 1 heterocycles. The molecule has 38 heavy (non-hydrogen) atoms. The number of rotatable bonds is 11. The van der Waals surface area contributed by atoms with Crippen molar-refractivity contribution in [3.63, 3.8) is 0 Å². The van der Waals surface area contributed by atoms with E-state index < -0.39 is 0 Å². The molecule has 10 heteroatoms. The number of carbonyl (C=O) groups is 2. The number of hydrogen-bond acceptors (Lipinski definition) is 9. The minimum absolute atomic E-state index is 0.246. The molecule has 196 valence electrons. The first-order valence-corrected chi connectivity index (χ1v) is 12.3. The Morgan fingerprint density at radius 1 is 0.868 bits per heavy atom. The van der Waals surface area contributed by atoms with Crippen molar-refractivity contribution >= 4 is 44.5 Å². The number of methoxy groups -OCH3 is 4. The van der Waals surface area contributed by atoms with E-state index in [2.05, 4.69) is 10.3 Å². The van der Waals surface area contributed by atoms with Gasteiger partial charge in [0.2, 0.25) is 5.75 Å². The third kappa shape index (κ3) is 6.04. The summed E-state index contributed by atoms with van der Waals surface area (Å²) >= 11 is 1.38. The zero-order valence-electron chi connectivity index (χ0n) is 21.3. The fourth-order valence-electron chi connectivity index (χ4n) is 3.63. The molecule has 0 spiro atoms. The fraction of sp³-hybridized carbons (Fsp3) is 0.179. The highest BCUT2D eigenvalue weighted by atomic mass is 32.1. The van der Waals surface area contributed by atoms with Gasteiger partial charge in [-0.1, -0.05) is 35.6 Å². The number of aromatic nitrogens is 1. The summed E-state index contributed by atoms with van der Waals surface area (Å²) < 4.78 is 28.0. The van der Waals surface area contributed by atoms with Gasteiger partial charge in [0.1, 0.15) is 0 Å². The topological polar surface area (TPSA) is 105 Å². The van der Waals surface area contributed by atoms with Crippen LogP contribution in [0.3, 0.4) is 0 Å². The van der Waals surface area contributed by atoms with Crippen molar-refractivity contribution in [3.05, 3.63) is 71.8 Å². The Balaban J connectivity index is 1.45. The van der Waals surface area contributed by atoms with Crippen molar-refractivity contribution in [2.24, 2.45) is 0 Å². The van der Waals surface area contributed by atoms with E-state index >= 15 is 0 Å². The Bertz CT molecular complexity index is 1440. The van der Waals surface area contributed by atoms with Gasteiger partial charge in [0.15, 0.2) is 40.5 Å². The van der Waals surface area contributed by atoms with Crippen LogP contribution in [-0.4, -0.2) is 51.7 Å². The molecule has 0 aliphatic rings. The molecule has 0 atom stereocenters. The Labute approximate surface area is 223 Å². The van der Waals surface area contributed by atoms with Gasteiger partial charge in [-0.25, -0.2) is 4.98 Å². The SMILES string of the molecule is COc1ccc(C=CC(=O)c2cc(OC)c(OC)c(OC)c2)cc1OCC(=O)Nc1nc2ccccc2s1. The lowest BCUT2D eigenvalue weighted by Gasteiger charge is -2.13. The zero-order valence-corrected chi connectivity index (χ0v) is 22.1. The summed E-state index contributed by atoms with van der Waals surface area (Å²) in [7, 11) is 5.97. The smallest absolute Gasteiger partial charge is 0.264 e. The molecule has 0 fully saturated rings. The van der Waals surface area contributed by atoms with Gasteiger partial charge < -0.3 is 23.7 Å². The Morgan fingerprint density at radius 3 is 2.24 bits per heavy atom. The Hall–Kier alpha value is -4.57. The fourth-order valence-corrected chi connectivity index (χ4v) is 4.51. The van der Waals surface area contributed by atoms with E-state index in [-0.39, 0.29) is 18.3 Å². The molecule has 4 aromatic rings. The summed E-state index contributed by atoms with van der Waals surface area (Å²) in [4.78, 5) is 29.7. The molecular weight excluding hydrogens is 508 g/mol. The third-order valence-corrected chi connectivity index (χ3v) is 6.41. The number of allylic oxidation sites excluding steroid dienone is 1. The Morgan fingerprint density at radius 2 is 1.58 bits per heavy atom. The van der Waals surface area contributed by atoms with Crippen molar-refractivity contribution in [3.8, 4) is 28.7 Å². The van der Waals surface area contributed by atoms with Gasteiger partial charge in [0, 0.05) is 5.56 Å². The number of carbonyl (C=O) groups excluding carboxylic acids is 2. The number of ketones is 1. The quantitative estimate of drug-likeness (QED) is 0.206. The van der Waals surface area contributed by atoms with Gasteiger partial charge in [-0.05, 0) is 48.0 Å². The van der Waals surface area contributed by atoms with Crippen LogP contribution in [0.2, 0.25) is 0 Å². The predicted molar refractivity (Wildman–Crippen MR) is 146 cm³/mol. The van der Waals surface area contributed by atoms with Crippen LogP contribution in [0, 0.1) is 0 Å². The van der Waals surface area contributed by atoms with Gasteiger partial charge in [-0.2, -0.15) is 0 Å². The van der Waals surface area contributed by atoms with Gasteiger partial charge in [0.05, 0.1) is 38.7 Å². The number of anilines is 1. The largest absolute Gasteiger partial charge is 0.493 e. The number of benzene rings is 3. The maximum Gasteiger partial charge on any atom is 0.264 e. The molecule has 1 amide bonds. The lowest BCUT2D eigenvalue weighted by atomic mass is 10.1. The third-order valence-electron chi connectivity index (χ3n) is 5.46. The second kappa shape index (κ2) is 12.1. The van der Waals surface area contributed by atoms with Crippen LogP contribution in [0.4, 0.5) is 5.13 Å². The van der Waals surface area contributed by atoms with Crippen LogP contribution in [0.1, 0.15) is 15.9 Å². The lowest BCUT2D eigenvalue weighted by Crippen LogP contribution is -2.20. The van der Waals surface area contributed by atoms with E-state index in [0.29, 0.717) is 45.0 Å². The molecule has 3 aromatic carbocycles. The highest BCUT2D eigenvalue weighted by Gasteiger charge is 2.16. The molecule has 0 saturated heterocycles. The molecule has 0 saturated carbocycles. The molecule has 0 radical (unpaired) electrons. The van der Waals surface area contributed by atoms with Crippen LogP contribution in [0.5, 0.6) is 28.7 Å². The lowest BCUT2D eigenvalue weighted by molar-refractivity contribution is -0.118. The van der Waals surface area contributed by atoms with E-state index in [0.717, 1.165) is 10.2 Å². The van der Waals surface area contributed by atoms with Gasteiger partial charge >= 0.3 is 0 Å². The van der Waals surface area contributed by atoms with Crippen molar-refractivity contribution in [1.82, 2.24) is 4.98 Å². The van der Waals surface area contributed by atoms with Crippen molar-refractivity contribution in [2.45, 2.75) is 0 Å². The van der Waals surface area contributed by atoms with E-state index in [1.807, 2.05) is 24.3 Å². The number of hydrogen-bond donors (Lipinski definition) is 1. The zero-order chi connectivity index (χ0) is 27.1. The molecule has 0 aliphatic heterocycles. The Kier molecular flexibility index (Phi) is 8.44. The molecule has 1 aromatic heterocycles. The van der Waals surface area contributed by atoms with E-state index in [1.54, 1.807) is 36.4 Å². The van der Waals surface area contributed by atoms with E-state index in [4.69, 9.17) is 23.7 Å². The van der Waals surface area contributed by atoms with Gasteiger partial charge in [-0.3, -0.25) is 14.9 Å². The normalized spacial score (nSPS) is 10.8. The summed E-state index contributed by atoms with van der Waals surface area (Å²) in [6.07, 6.45) is 3.06. The summed E-state index contributed by atoms with van der Waals surface area (Å²) in [6, 6.07) is 16.0. The number of ether oxygens (including phenoxy) is 5. The van der Waals surface area contributed by atoms with Crippen LogP contribution < -0.4 is 29.0 Å². The van der Waals surface area contributed by atoms with Gasteiger partial charge in [0.25, 0.3) is 5.91 Å². The molecule has 0 aliphatic carbocycles. The number of nitrogens with one attached hydrogen (secondary N) is 1. The maximum absolute atomic E-state index is 12.9. The summed E-state index contributed by atoms with van der Waals surface area (Å²) in [5.74, 6) is 1.35. The number of para-hydroxylation sites is 1. The second-order valence-corrected chi connectivity index (χ2v) is 8.88. The molecule has 0 unspecified atom stereocenters. The number of amides is 1. The average molecular weight is 535 g/mol. The molecule has 0 bridgehead atoms. The molecule has 4 rings (SSSR count). The standard InChI is InChI=1S/C28H26N2O7S/c1-33-21-12-10-17(9-11-20(31)18-14-23(34-2)27(36-4)24(15-18)35-3)13-22(21)37-16-26(32)30-28-29-19-7-5-6-8-25(19)38-28/h5-15H,16H2,1-4H3,(H,29,30,32). The second-order valence-electron chi connectivity index (χ2n) is 7.85. The first-order valence-electron chi connectivity index (χ1n) is 11.4. The minimum atomic E-state index is -0.357. The van der Waals surface area contributed by atoms with Crippen LogP contribution >= 0.6 is 11.3 Å². The van der Waals surface area contributed by atoms with Crippen molar-refractivity contribution in [1.29, 1.82) is 0 Å². The molecular formula is C28H26N2O7S. The van der Waals surface area contributed by atoms with E-state index in [1.165, 1.54) is 45.9 Å². The highest BCUT2D eigenvalue weighted by molar-refractivity contribution is 7.22. The van der Waals surface area contributed by atoms with Crippen molar-refractivity contribution in [2.75, 3.05) is 40.4 Å². The minimum Gasteiger partial charge on any atom is -0.493 e. The number of thiazole rings is 1. The monoisotopic (exact) mass is 534 g/mol. The van der Waals surface area contributed by atoms with Crippen molar-refractivity contribution < 1.29 is 33.3 Å². The first-order chi connectivity index (χ1) is 18.4.